The minimum Gasteiger partial charge on any atom is -0.316 e. The maximum absolute atomic E-state index is 3.42. The van der Waals surface area contributed by atoms with E-state index in [9.17, 15) is 0 Å². The summed E-state index contributed by atoms with van der Waals surface area (Å²) in [6.45, 7) is 2.31. The summed E-state index contributed by atoms with van der Waals surface area (Å²) in [5, 5.41) is 3.42. The fraction of sp³-hybridized carbons (Fsp3) is 0.385. The summed E-state index contributed by atoms with van der Waals surface area (Å²) < 4.78 is 0. The molecular weight excluding hydrogens is 206 g/mol. The Morgan fingerprint density at radius 2 is 1.80 bits per heavy atom. The lowest BCUT2D eigenvalue weighted by molar-refractivity contribution is 0.703. The van der Waals surface area contributed by atoms with Gasteiger partial charge in [0, 0.05) is 0 Å². The highest BCUT2D eigenvalue weighted by molar-refractivity contribution is 5.85. The molecule has 1 aromatic rings. The van der Waals surface area contributed by atoms with Crippen molar-refractivity contribution >= 4 is 18.5 Å². The molecule has 0 aromatic heterocycles. The molecule has 0 bridgehead atoms. The van der Waals surface area contributed by atoms with Crippen LogP contribution in [-0.2, 0) is 0 Å². The number of hydrogen-bond acceptors (Lipinski definition) is 1. The molecule has 0 atom stereocenters. The zero-order valence-electron chi connectivity index (χ0n) is 8.91. The smallest absolute Gasteiger partial charge is 0.00115 e. The lowest BCUT2D eigenvalue weighted by Crippen LogP contribution is -2.13. The second kappa shape index (κ2) is 6.65. The van der Waals surface area contributed by atoms with Crippen molar-refractivity contribution in [1.82, 2.24) is 5.32 Å². The van der Waals surface area contributed by atoms with Crippen LogP contribution in [0.25, 0.3) is 6.08 Å². The molecule has 1 N–H and O–H groups in total. The maximum atomic E-state index is 3.42. The van der Waals surface area contributed by atoms with Crippen LogP contribution in [0.4, 0.5) is 0 Å². The third-order valence-electron chi connectivity index (χ3n) is 2.64. The monoisotopic (exact) mass is 223 g/mol. The van der Waals surface area contributed by atoms with Gasteiger partial charge in [-0.25, -0.2) is 0 Å². The van der Waals surface area contributed by atoms with Crippen molar-refractivity contribution in [3.63, 3.8) is 0 Å². The number of benzene rings is 1. The molecule has 15 heavy (non-hydrogen) atoms. The number of halogens is 1. The van der Waals surface area contributed by atoms with Gasteiger partial charge in [0.25, 0.3) is 0 Å². The van der Waals surface area contributed by atoms with Crippen LogP contribution < -0.4 is 5.32 Å². The molecule has 0 radical (unpaired) electrons. The van der Waals surface area contributed by atoms with E-state index in [1.54, 1.807) is 5.57 Å². The molecule has 1 aliphatic rings. The Hall–Kier alpha value is -0.790. The Balaban J connectivity index is 0.00000112. The van der Waals surface area contributed by atoms with E-state index < -0.39 is 0 Å². The first-order chi connectivity index (χ1) is 6.95. The summed E-state index contributed by atoms with van der Waals surface area (Å²) in [5.41, 5.74) is 2.92. The third kappa shape index (κ3) is 4.06. The van der Waals surface area contributed by atoms with Crippen molar-refractivity contribution in [2.45, 2.75) is 19.3 Å². The Morgan fingerprint density at radius 3 is 2.60 bits per heavy atom. The van der Waals surface area contributed by atoms with Gasteiger partial charge in [-0.1, -0.05) is 42.0 Å². The van der Waals surface area contributed by atoms with Gasteiger partial charge in [0.15, 0.2) is 0 Å². The van der Waals surface area contributed by atoms with Gasteiger partial charge in [-0.2, -0.15) is 0 Å². The van der Waals surface area contributed by atoms with E-state index in [1.165, 1.54) is 31.4 Å². The van der Waals surface area contributed by atoms with Crippen molar-refractivity contribution in [2.24, 2.45) is 0 Å². The van der Waals surface area contributed by atoms with Crippen LogP contribution in [0.1, 0.15) is 24.8 Å². The first-order valence-electron chi connectivity index (χ1n) is 5.40. The number of rotatable bonds is 1. The predicted octanol–water partition coefficient (Wildman–Crippen LogP) is 3.27. The van der Waals surface area contributed by atoms with E-state index in [0.29, 0.717) is 0 Å². The highest BCUT2D eigenvalue weighted by Crippen LogP contribution is 2.16. The van der Waals surface area contributed by atoms with Crippen LogP contribution in [0.2, 0.25) is 0 Å². The zero-order chi connectivity index (χ0) is 9.64. The molecular formula is C13H18ClN. The van der Waals surface area contributed by atoms with Crippen molar-refractivity contribution in [1.29, 1.82) is 0 Å². The minimum absolute atomic E-state index is 0. The lowest BCUT2D eigenvalue weighted by Gasteiger charge is -2.01. The standard InChI is InChI=1S/C13H17N.ClH/c1-2-5-12(6-3-1)11-13-7-4-9-14-10-8-13;/h1-3,5-6,11,14H,4,7-10H2;1H/b13-11-;. The van der Waals surface area contributed by atoms with Gasteiger partial charge in [0.2, 0.25) is 0 Å². The molecule has 0 unspecified atom stereocenters. The van der Waals surface area contributed by atoms with E-state index >= 15 is 0 Å². The van der Waals surface area contributed by atoms with Gasteiger partial charge in [-0.15, -0.1) is 12.4 Å². The Morgan fingerprint density at radius 1 is 1.00 bits per heavy atom. The predicted molar refractivity (Wildman–Crippen MR) is 68.4 cm³/mol. The van der Waals surface area contributed by atoms with Crippen LogP contribution in [0.3, 0.4) is 0 Å². The van der Waals surface area contributed by atoms with Crippen LogP contribution >= 0.6 is 12.4 Å². The summed E-state index contributed by atoms with van der Waals surface area (Å²) in [7, 11) is 0. The SMILES string of the molecule is C(=C1\CCCNCC1)/c1ccccc1.Cl. The molecule has 0 aliphatic carbocycles. The molecule has 0 spiro atoms. The van der Waals surface area contributed by atoms with Crippen molar-refractivity contribution in [3.8, 4) is 0 Å². The Bertz CT molecular complexity index is 296. The van der Waals surface area contributed by atoms with E-state index in [4.69, 9.17) is 0 Å². The third-order valence-corrected chi connectivity index (χ3v) is 2.64. The van der Waals surface area contributed by atoms with Crippen LogP contribution in [0.5, 0.6) is 0 Å². The highest BCUT2D eigenvalue weighted by atomic mass is 35.5. The summed E-state index contributed by atoms with van der Waals surface area (Å²) in [5.74, 6) is 0. The van der Waals surface area contributed by atoms with Crippen LogP contribution in [-0.4, -0.2) is 13.1 Å². The van der Waals surface area contributed by atoms with E-state index in [1.807, 2.05) is 0 Å². The fourth-order valence-corrected chi connectivity index (χ4v) is 1.87. The molecule has 1 heterocycles. The molecule has 1 saturated heterocycles. The van der Waals surface area contributed by atoms with Gasteiger partial charge >= 0.3 is 0 Å². The lowest BCUT2D eigenvalue weighted by atomic mass is 10.0. The zero-order valence-corrected chi connectivity index (χ0v) is 9.72. The molecule has 2 rings (SSSR count). The van der Waals surface area contributed by atoms with Crippen molar-refractivity contribution < 1.29 is 0 Å². The second-order valence-corrected chi connectivity index (χ2v) is 3.82. The normalized spacial score (nSPS) is 19.3. The van der Waals surface area contributed by atoms with Crippen LogP contribution in [0, 0.1) is 0 Å². The van der Waals surface area contributed by atoms with Crippen molar-refractivity contribution in [3.05, 3.63) is 41.5 Å². The molecule has 1 aliphatic heterocycles. The summed E-state index contributed by atoms with van der Waals surface area (Å²) in [6.07, 6.45) is 6.07. The molecule has 0 saturated carbocycles. The summed E-state index contributed by atoms with van der Waals surface area (Å²) in [6, 6.07) is 10.6. The number of hydrogen-bond donors (Lipinski definition) is 1. The quantitative estimate of drug-likeness (QED) is 0.771. The Kier molecular flexibility index (Phi) is 5.44. The van der Waals surface area contributed by atoms with Gasteiger partial charge in [-0.05, 0) is 37.9 Å². The van der Waals surface area contributed by atoms with Gasteiger partial charge < -0.3 is 5.32 Å². The van der Waals surface area contributed by atoms with Crippen molar-refractivity contribution in [2.75, 3.05) is 13.1 Å². The summed E-state index contributed by atoms with van der Waals surface area (Å²) >= 11 is 0. The molecule has 2 heteroatoms. The Labute approximate surface area is 98.0 Å². The molecule has 82 valence electrons. The highest BCUT2D eigenvalue weighted by Gasteiger charge is 2.02. The molecule has 1 aromatic carbocycles. The van der Waals surface area contributed by atoms with E-state index in [-0.39, 0.29) is 12.4 Å². The minimum atomic E-state index is 0. The molecule has 1 nitrogen and oxygen atoms in total. The maximum Gasteiger partial charge on any atom is -0.00115 e. The van der Waals surface area contributed by atoms with Gasteiger partial charge in [0.05, 0.1) is 0 Å². The average molecular weight is 224 g/mol. The molecule has 1 fully saturated rings. The topological polar surface area (TPSA) is 12.0 Å². The first kappa shape index (κ1) is 12.3. The average Bonchev–Trinajstić information content (AvgIpc) is 2.48. The second-order valence-electron chi connectivity index (χ2n) is 3.82. The summed E-state index contributed by atoms with van der Waals surface area (Å²) in [4.78, 5) is 0. The van der Waals surface area contributed by atoms with E-state index in [0.717, 1.165) is 6.54 Å². The number of nitrogens with one attached hydrogen (secondary N) is 1. The first-order valence-corrected chi connectivity index (χ1v) is 5.40. The molecule has 0 amide bonds. The fourth-order valence-electron chi connectivity index (χ4n) is 1.87. The van der Waals surface area contributed by atoms with Gasteiger partial charge in [-0.3, -0.25) is 0 Å². The van der Waals surface area contributed by atoms with E-state index in [2.05, 4.69) is 41.7 Å². The largest absolute Gasteiger partial charge is 0.316 e. The van der Waals surface area contributed by atoms with Gasteiger partial charge in [0.1, 0.15) is 0 Å². The van der Waals surface area contributed by atoms with Crippen LogP contribution in [0.15, 0.2) is 35.9 Å².